The van der Waals surface area contributed by atoms with Crippen molar-refractivity contribution in [2.45, 2.75) is 514 Å². The Morgan fingerprint density at radius 2 is 0.630 bits per heavy atom. The summed E-state index contributed by atoms with van der Waals surface area (Å²) in [5.74, 6) is -1.11. The number of esters is 4. The minimum absolute atomic E-state index is 0. The molecule has 0 aromatic carbocycles. The monoisotopic (exact) mass is 2070 g/mol. The van der Waals surface area contributed by atoms with Crippen LogP contribution in [0.1, 0.15) is 461 Å². The molecule has 0 bridgehead atoms. The topological polar surface area (TPSA) is 313 Å². The molecule has 10 unspecified atom stereocenters. The van der Waals surface area contributed by atoms with E-state index in [0.29, 0.717) is 35.9 Å². The van der Waals surface area contributed by atoms with Gasteiger partial charge in [-0.05, 0) is 107 Å². The normalized spacial score (nSPS) is 13.4. The smallest absolute Gasteiger partial charge is 0.465 e. The van der Waals surface area contributed by atoms with Crippen LogP contribution in [0.25, 0.3) is 36.9 Å². The van der Waals surface area contributed by atoms with Crippen LogP contribution in [0.3, 0.4) is 0 Å². The van der Waals surface area contributed by atoms with Crippen molar-refractivity contribution in [3.05, 3.63) is 61.2 Å². The Kier molecular flexibility index (Phi) is 121. The Balaban J connectivity index is -0.000000277. The molecule has 0 fully saturated rings. The second-order valence-corrected chi connectivity index (χ2v) is 38.6. The first-order chi connectivity index (χ1) is 56.8. The van der Waals surface area contributed by atoms with Gasteiger partial charge in [-0.3, -0.25) is 19.3 Å². The van der Waals surface area contributed by atoms with Crippen LogP contribution in [-0.2, 0) is 38.1 Å². The molecule has 10 atom stereocenters. The first-order valence-corrected chi connectivity index (χ1v) is 52.7. The van der Waals surface area contributed by atoms with E-state index < -0.39 is 18.1 Å². The van der Waals surface area contributed by atoms with Gasteiger partial charge in [-0.2, -0.15) is 0 Å². The molecule has 119 heavy (non-hydrogen) atoms. The molecule has 0 spiro atoms. The third-order valence-corrected chi connectivity index (χ3v) is 28.3. The zero-order chi connectivity index (χ0) is 87.9. The maximum Gasteiger partial charge on any atom is 1.00 e. The maximum atomic E-state index is 12.5. The predicted octanol–water partition coefficient (Wildman–Crippen LogP) is 30.7. The molecule has 0 aromatic heterocycles. The zero-order valence-corrected chi connectivity index (χ0v) is 88.0. The number of azide groups is 2. The summed E-state index contributed by atoms with van der Waals surface area (Å²) in [6.45, 7) is 19.4. The van der Waals surface area contributed by atoms with E-state index in [1.165, 1.54) is 281 Å². The number of unbranched alkanes of at least 4 members (excludes halogenated alkanes) is 43. The number of allylic oxidation sites excluding steroid dienone is 2. The number of hydrogen-bond acceptors (Lipinski definition) is 12. The molecule has 0 aliphatic heterocycles. The largest absolute Gasteiger partial charge is 1.00 e. The molecule has 0 aliphatic carbocycles. The first kappa shape index (κ1) is 131. The number of halogens is 6. The van der Waals surface area contributed by atoms with Gasteiger partial charge in [0, 0.05) is 46.1 Å². The Hall–Kier alpha value is -0.910. The van der Waals surface area contributed by atoms with Gasteiger partial charge < -0.3 is 41.5 Å². The van der Waals surface area contributed by atoms with Crippen molar-refractivity contribution in [2.24, 2.45) is 21.7 Å². The average molecular weight is 2080 g/mol. The SMILES string of the molecule is C.CCCCCCCC/C=C\C(=O)OCC/C=C/CCCCCCCC.CCCCCCCCC(Br)C(Br)CCOC(=O)C(Br)C(Br)CCCCCCCC.CCCCCCCCC(Br)C(N=[N+]=[N-])C(=O)OCCC(Br)C(CCCCCCCC)N=[N+]=[N-].CCCCCCCCCC(N)C(=O)OCCCC(N)CCCCCCCC.[N-]=[N+]=[N-].[Na+]. The van der Waals surface area contributed by atoms with Gasteiger partial charge in [-0.25, -0.2) is 4.79 Å². The molecule has 19 nitrogen and oxygen atoms in total. The Labute approximate surface area is 803 Å². The van der Waals surface area contributed by atoms with Crippen LogP contribution in [0.2, 0.25) is 0 Å². The Morgan fingerprint density at radius 1 is 0.319 bits per heavy atom. The molecule has 26 heteroatoms. The number of carbonyl (C=O) groups excluding carboxylic acids is 4. The van der Waals surface area contributed by atoms with Crippen molar-refractivity contribution in [3.8, 4) is 0 Å². The van der Waals surface area contributed by atoms with Crippen molar-refractivity contribution in [3.63, 3.8) is 0 Å². The summed E-state index contributed by atoms with van der Waals surface area (Å²) < 4.78 is 21.4. The molecule has 4 N–H and O–H groups in total. The molecule has 0 rings (SSSR count). The summed E-state index contributed by atoms with van der Waals surface area (Å²) in [5, 5.41) is 7.59. The molecular formula is C93H178Br6N11NaO8. The van der Waals surface area contributed by atoms with Crippen LogP contribution in [-0.4, -0.2) is 103 Å². The molecule has 696 valence electrons. The van der Waals surface area contributed by atoms with Gasteiger partial charge in [0.25, 0.3) is 0 Å². The molecule has 0 aliphatic rings. The van der Waals surface area contributed by atoms with Crippen molar-refractivity contribution in [1.82, 2.24) is 0 Å². The minimum atomic E-state index is -0.879. The molecule has 0 saturated heterocycles. The van der Waals surface area contributed by atoms with Crippen LogP contribution < -0.4 is 41.0 Å². The number of hydrogen-bond donors (Lipinski definition) is 2. The van der Waals surface area contributed by atoms with E-state index in [4.69, 9.17) is 52.5 Å². The second kappa shape index (κ2) is 109. The standard InChI is InChI=1S/C23H42Br4O2.C23H42Br2N6O2.C23H48N2O2.C23H42O2.CH4.N3.Na/c1-3-5-7-9-11-13-15-19(24)20(25)17-18-29-23(28)22(27)21(26)16-14-12-10-8-6-4-2;1-3-5-7-9-11-13-15-20(25)22(29-31-27)23(32)33-18-17-19(24)21(28-30-26)16-14-12-10-8-6-4-2;1-3-5-7-9-11-13-15-19-22(25)23(26)27-20-16-18-21(24)17-14-12-10-8-6-4-2;1-3-5-7-9-11-13-14-16-18-20-22-25-23(24)21-19-17-15-12-10-8-6-4-2;;1-3-2;/h19-22H,3-18H2,1-2H3;19-22H,3-18H2,1-2H3;21-22H,3-20,24-25H2,1-2H3;16,18-19,21H,3-15,17,20,22H2,1-2H3;1H4;;/q;;;;;-1;+1/b;;;18-16+,21-19-;;;. The molecule has 0 amide bonds. The van der Waals surface area contributed by atoms with Crippen LogP contribution >= 0.6 is 95.6 Å². The molecule has 0 saturated carbocycles. The van der Waals surface area contributed by atoms with Crippen LogP contribution in [0, 0.1) is 0 Å². The summed E-state index contributed by atoms with van der Waals surface area (Å²) >= 11 is 21.8. The van der Waals surface area contributed by atoms with Crippen LogP contribution in [0.4, 0.5) is 0 Å². The summed E-state index contributed by atoms with van der Waals surface area (Å²) in [7, 11) is 0. The van der Waals surface area contributed by atoms with Gasteiger partial charge in [-0.1, -0.05) is 489 Å². The Bertz CT molecular complexity index is 2350. The van der Waals surface area contributed by atoms with Gasteiger partial charge in [0.2, 0.25) is 0 Å². The summed E-state index contributed by atoms with van der Waals surface area (Å²) in [5.41, 5.74) is 43.4. The van der Waals surface area contributed by atoms with Gasteiger partial charge in [-0.15, -0.1) is 0 Å². The molecule has 0 aromatic rings. The fraction of sp³-hybridized carbons (Fsp3) is 0.914. The van der Waals surface area contributed by atoms with Gasteiger partial charge in [0.15, 0.2) is 0 Å². The average Bonchev–Trinajstić information content (AvgIpc) is 0.859. The third-order valence-electron chi connectivity index (χ3n) is 20.7. The quantitative estimate of drug-likeness (QED) is 0.00554. The fourth-order valence-corrected chi connectivity index (χ4v) is 16.3. The van der Waals surface area contributed by atoms with Gasteiger partial charge in [0.05, 0.1) is 32.5 Å². The third kappa shape index (κ3) is 101. The van der Waals surface area contributed by atoms with Crippen LogP contribution in [0.5, 0.6) is 0 Å². The van der Waals surface area contributed by atoms with Crippen molar-refractivity contribution >= 4 is 119 Å². The van der Waals surface area contributed by atoms with Crippen LogP contribution in [0.15, 0.2) is 34.5 Å². The summed E-state index contributed by atoms with van der Waals surface area (Å²) in [6, 6.07) is -1.28. The van der Waals surface area contributed by atoms with Crippen molar-refractivity contribution < 1.29 is 67.7 Å². The summed E-state index contributed by atoms with van der Waals surface area (Å²) in [4.78, 5) is 55.9. The number of nitrogens with two attached hydrogens (primary N) is 2. The van der Waals surface area contributed by atoms with E-state index in [-0.39, 0.29) is 92.9 Å². The second-order valence-electron chi connectivity index (χ2n) is 31.7. The van der Waals surface area contributed by atoms with Gasteiger partial charge >= 0.3 is 53.4 Å². The molecule has 0 heterocycles. The van der Waals surface area contributed by atoms with Crippen molar-refractivity contribution in [2.75, 3.05) is 26.4 Å². The fourth-order valence-electron chi connectivity index (χ4n) is 13.1. The summed E-state index contributed by atoms with van der Waals surface area (Å²) in [6.07, 6.45) is 81.4. The number of nitrogens with zero attached hydrogens (tertiary/aromatic N) is 9. The molecule has 0 radical (unpaired) electrons. The molecular weight excluding hydrogens is 1900 g/mol. The van der Waals surface area contributed by atoms with E-state index in [9.17, 15) is 19.2 Å². The van der Waals surface area contributed by atoms with E-state index in [1.807, 2.05) is 6.08 Å². The number of ether oxygens (including phenoxy) is 4. The predicted molar refractivity (Wildman–Crippen MR) is 529 cm³/mol. The maximum absolute atomic E-state index is 12.5. The van der Waals surface area contributed by atoms with Crippen molar-refractivity contribution in [1.29, 1.82) is 0 Å². The van der Waals surface area contributed by atoms with E-state index in [0.717, 1.165) is 116 Å². The number of rotatable bonds is 80. The zero-order valence-electron chi connectivity index (χ0n) is 76.5. The van der Waals surface area contributed by atoms with E-state index in [1.54, 1.807) is 6.08 Å². The minimum Gasteiger partial charge on any atom is -0.465 e. The Morgan fingerprint density at radius 3 is 1.05 bits per heavy atom. The first-order valence-electron chi connectivity index (χ1n) is 47.2. The van der Waals surface area contributed by atoms with Gasteiger partial charge in [0.1, 0.15) is 16.9 Å². The number of alkyl halides is 6. The van der Waals surface area contributed by atoms with E-state index >= 15 is 0 Å². The van der Waals surface area contributed by atoms with E-state index in [2.05, 4.69) is 183 Å². The number of carbonyl (C=O) groups is 4.